The number of halogens is 1. The molecule has 1 aliphatic rings. The van der Waals surface area contributed by atoms with E-state index in [1.54, 1.807) is 23.1 Å². The van der Waals surface area contributed by atoms with Crippen LogP contribution in [0.4, 0.5) is 5.69 Å². The van der Waals surface area contributed by atoms with Gasteiger partial charge < -0.3 is 9.64 Å². The van der Waals surface area contributed by atoms with Crippen molar-refractivity contribution >= 4 is 44.3 Å². The number of hydrogen-bond donors (Lipinski definition) is 1. The number of ether oxygens (including phenoxy) is 1. The molecule has 10 heteroatoms. The third-order valence-electron chi connectivity index (χ3n) is 4.84. The van der Waals surface area contributed by atoms with Crippen LogP contribution in [0.2, 0.25) is 5.02 Å². The van der Waals surface area contributed by atoms with Gasteiger partial charge in [-0.2, -0.15) is 0 Å². The first kappa shape index (κ1) is 20.5. The number of rotatable bonds is 4. The van der Waals surface area contributed by atoms with Gasteiger partial charge in [0.25, 0.3) is 15.9 Å². The summed E-state index contributed by atoms with van der Waals surface area (Å²) in [6.07, 6.45) is 2.92. The van der Waals surface area contributed by atoms with Gasteiger partial charge >= 0.3 is 0 Å². The summed E-state index contributed by atoms with van der Waals surface area (Å²) in [5, 5.41) is 0.303. The highest BCUT2D eigenvalue weighted by molar-refractivity contribution is 7.93. The Morgan fingerprint density at radius 2 is 2.03 bits per heavy atom. The van der Waals surface area contributed by atoms with E-state index in [0.717, 1.165) is 0 Å². The molecule has 1 aromatic heterocycles. The van der Waals surface area contributed by atoms with Crippen LogP contribution in [0.1, 0.15) is 17.3 Å². The van der Waals surface area contributed by atoms with Gasteiger partial charge in [-0.25, -0.2) is 8.42 Å². The molecule has 0 radical (unpaired) electrons. The Bertz CT molecular complexity index is 1210. The smallest absolute Gasteiger partial charge is 0.264 e. The van der Waals surface area contributed by atoms with E-state index >= 15 is 0 Å². The lowest BCUT2D eigenvalue weighted by molar-refractivity contribution is 0.00365. The van der Waals surface area contributed by atoms with E-state index in [1.807, 2.05) is 6.92 Å². The minimum absolute atomic E-state index is 0.0359. The minimum atomic E-state index is -4.06. The van der Waals surface area contributed by atoms with Crippen molar-refractivity contribution in [3.63, 3.8) is 0 Å². The normalized spacial score (nSPS) is 17.1. The summed E-state index contributed by atoms with van der Waals surface area (Å²) in [4.78, 5) is 23.1. The molecule has 2 heterocycles. The molecule has 156 valence electrons. The second-order valence-corrected chi connectivity index (χ2v) is 8.99. The van der Waals surface area contributed by atoms with Crippen LogP contribution in [0.25, 0.3) is 11.0 Å². The van der Waals surface area contributed by atoms with Gasteiger partial charge in [-0.3, -0.25) is 19.5 Å². The number of morpholine rings is 1. The Hall–Kier alpha value is -2.75. The van der Waals surface area contributed by atoms with E-state index < -0.39 is 10.0 Å². The number of aromatic nitrogens is 2. The number of para-hydroxylation sites is 1. The van der Waals surface area contributed by atoms with Gasteiger partial charge in [0, 0.05) is 24.0 Å². The van der Waals surface area contributed by atoms with Gasteiger partial charge in [-0.1, -0.05) is 17.7 Å². The molecule has 1 aliphatic heterocycles. The van der Waals surface area contributed by atoms with Crippen molar-refractivity contribution in [2.24, 2.45) is 0 Å². The third-order valence-corrected chi connectivity index (χ3v) is 6.47. The van der Waals surface area contributed by atoms with E-state index in [1.165, 1.54) is 30.6 Å². The molecule has 1 fully saturated rings. The molecule has 30 heavy (non-hydrogen) atoms. The van der Waals surface area contributed by atoms with Crippen LogP contribution >= 0.6 is 11.6 Å². The largest absolute Gasteiger partial charge is 0.377 e. The summed E-state index contributed by atoms with van der Waals surface area (Å²) in [5.41, 5.74) is 1.00. The van der Waals surface area contributed by atoms with Crippen LogP contribution in [0.5, 0.6) is 0 Å². The van der Waals surface area contributed by atoms with Gasteiger partial charge in [-0.15, -0.1) is 0 Å². The monoisotopic (exact) mass is 446 g/mol. The molecular formula is C20H19ClN4O4S. The average Bonchev–Trinajstić information content (AvgIpc) is 2.73. The maximum atomic E-state index is 13.2. The van der Waals surface area contributed by atoms with Crippen LogP contribution in [-0.2, 0) is 14.8 Å². The first-order valence-corrected chi connectivity index (χ1v) is 11.1. The van der Waals surface area contributed by atoms with E-state index in [0.29, 0.717) is 30.3 Å². The molecule has 2 aromatic carbocycles. The molecule has 0 unspecified atom stereocenters. The summed E-state index contributed by atoms with van der Waals surface area (Å²) < 4.78 is 34.3. The summed E-state index contributed by atoms with van der Waals surface area (Å²) >= 11 is 6.10. The summed E-state index contributed by atoms with van der Waals surface area (Å²) in [5.74, 6) is -0.294. The first-order chi connectivity index (χ1) is 14.4. The van der Waals surface area contributed by atoms with Crippen LogP contribution in [-0.4, -0.2) is 55.0 Å². The molecule has 1 saturated heterocycles. The maximum absolute atomic E-state index is 13.2. The topological polar surface area (TPSA) is 101 Å². The van der Waals surface area contributed by atoms with Crippen molar-refractivity contribution in [3.8, 4) is 0 Å². The van der Waals surface area contributed by atoms with Crippen LogP contribution in [0.15, 0.2) is 53.7 Å². The highest BCUT2D eigenvalue weighted by Gasteiger charge is 2.28. The fraction of sp³-hybridized carbons (Fsp3) is 0.250. The fourth-order valence-corrected chi connectivity index (χ4v) is 4.76. The number of nitrogens with zero attached hydrogens (tertiary/aromatic N) is 3. The zero-order valence-electron chi connectivity index (χ0n) is 16.1. The number of amides is 1. The number of hydrogen-bond acceptors (Lipinski definition) is 6. The molecule has 1 amide bonds. The minimum Gasteiger partial charge on any atom is -0.377 e. The Kier molecular flexibility index (Phi) is 5.59. The van der Waals surface area contributed by atoms with Gasteiger partial charge in [0.15, 0.2) is 0 Å². The molecule has 0 aliphatic carbocycles. The standard InChI is InChI=1S/C20H19ClN4O4S/c1-13-12-29-10-9-25(13)20(26)15-6-5-14(21)11-17(15)24-30(27,28)18-4-2-3-16-19(18)23-8-7-22-16/h2-8,11,13,24H,9-10,12H2,1H3/t13-/m1/s1. The predicted octanol–water partition coefficient (Wildman–Crippen LogP) is 2.94. The van der Waals surface area contributed by atoms with E-state index in [4.69, 9.17) is 16.3 Å². The van der Waals surface area contributed by atoms with Gasteiger partial charge in [0.1, 0.15) is 10.4 Å². The molecule has 1 atom stereocenters. The molecular weight excluding hydrogens is 428 g/mol. The number of sulfonamides is 1. The number of carbonyl (C=O) groups excluding carboxylic acids is 1. The average molecular weight is 447 g/mol. The highest BCUT2D eigenvalue weighted by Crippen LogP contribution is 2.28. The number of benzene rings is 2. The predicted molar refractivity (Wildman–Crippen MR) is 113 cm³/mol. The van der Waals surface area contributed by atoms with Crippen molar-refractivity contribution in [1.29, 1.82) is 0 Å². The molecule has 3 aromatic rings. The second-order valence-electron chi connectivity index (χ2n) is 6.90. The van der Waals surface area contributed by atoms with Crippen molar-refractivity contribution in [2.75, 3.05) is 24.5 Å². The lowest BCUT2D eigenvalue weighted by Gasteiger charge is -2.33. The Labute approximate surface area is 178 Å². The molecule has 8 nitrogen and oxygen atoms in total. The quantitative estimate of drug-likeness (QED) is 0.661. The molecule has 1 N–H and O–H groups in total. The number of fused-ring (bicyclic) bond motifs is 1. The lowest BCUT2D eigenvalue weighted by Crippen LogP contribution is -2.47. The third kappa shape index (κ3) is 3.96. The Morgan fingerprint density at radius 1 is 1.23 bits per heavy atom. The van der Waals surface area contributed by atoms with Gasteiger partial charge in [0.05, 0.1) is 36.0 Å². The zero-order chi connectivity index (χ0) is 21.3. The Balaban J connectivity index is 1.74. The molecule has 0 saturated carbocycles. The maximum Gasteiger partial charge on any atom is 0.264 e. The fourth-order valence-electron chi connectivity index (χ4n) is 3.35. The van der Waals surface area contributed by atoms with Crippen LogP contribution in [0, 0.1) is 0 Å². The Morgan fingerprint density at radius 3 is 2.83 bits per heavy atom. The van der Waals surface area contributed by atoms with Crippen LogP contribution < -0.4 is 4.72 Å². The van der Waals surface area contributed by atoms with E-state index in [-0.39, 0.29) is 33.6 Å². The first-order valence-electron chi connectivity index (χ1n) is 9.27. The number of anilines is 1. The van der Waals surface area contributed by atoms with E-state index in [9.17, 15) is 13.2 Å². The second kappa shape index (κ2) is 8.17. The molecule has 4 rings (SSSR count). The van der Waals surface area contributed by atoms with Gasteiger partial charge in [-0.05, 0) is 37.3 Å². The molecule has 0 bridgehead atoms. The summed E-state index contributed by atoms with van der Waals surface area (Å²) in [6.45, 7) is 3.16. The zero-order valence-corrected chi connectivity index (χ0v) is 17.7. The SMILES string of the molecule is C[C@@H]1COCCN1C(=O)c1ccc(Cl)cc1NS(=O)(=O)c1cccc2nccnc12. The van der Waals surface area contributed by atoms with Crippen molar-refractivity contribution in [3.05, 3.63) is 59.4 Å². The summed E-state index contributed by atoms with van der Waals surface area (Å²) in [6, 6.07) is 9.08. The van der Waals surface area contributed by atoms with Gasteiger partial charge in [0.2, 0.25) is 0 Å². The van der Waals surface area contributed by atoms with Crippen molar-refractivity contribution in [2.45, 2.75) is 17.9 Å². The van der Waals surface area contributed by atoms with E-state index in [2.05, 4.69) is 14.7 Å². The van der Waals surface area contributed by atoms with Crippen molar-refractivity contribution in [1.82, 2.24) is 14.9 Å². The summed E-state index contributed by atoms with van der Waals surface area (Å²) in [7, 11) is -4.06. The highest BCUT2D eigenvalue weighted by atomic mass is 35.5. The number of nitrogens with one attached hydrogen (secondary N) is 1. The van der Waals surface area contributed by atoms with Crippen molar-refractivity contribution < 1.29 is 17.9 Å². The van der Waals surface area contributed by atoms with Crippen LogP contribution in [0.3, 0.4) is 0 Å². The molecule has 0 spiro atoms. The lowest BCUT2D eigenvalue weighted by atomic mass is 10.1. The number of carbonyl (C=O) groups is 1.